The summed E-state index contributed by atoms with van der Waals surface area (Å²) in [5, 5.41) is 9.04. The van der Waals surface area contributed by atoms with Gasteiger partial charge in [0.2, 0.25) is 0 Å². The first kappa shape index (κ1) is 18.9. The largest absolute Gasteiger partial charge is 0.494 e. The van der Waals surface area contributed by atoms with E-state index in [0.29, 0.717) is 27.8 Å². The van der Waals surface area contributed by atoms with Gasteiger partial charge in [0.15, 0.2) is 0 Å². The lowest BCUT2D eigenvalue weighted by molar-refractivity contribution is 0.0480. The van der Waals surface area contributed by atoms with E-state index >= 15 is 0 Å². The van der Waals surface area contributed by atoms with E-state index in [0.717, 1.165) is 0 Å². The van der Waals surface area contributed by atoms with Crippen LogP contribution in [0.25, 0.3) is 5.70 Å². The van der Waals surface area contributed by atoms with Gasteiger partial charge in [-0.1, -0.05) is 41.4 Å². The number of hydrogen-bond acceptors (Lipinski definition) is 5. The lowest BCUT2D eigenvalue weighted by atomic mass is 10.1. The van der Waals surface area contributed by atoms with Crippen molar-refractivity contribution in [3.05, 3.63) is 39.9 Å². The van der Waals surface area contributed by atoms with Gasteiger partial charge in [0.25, 0.3) is 0 Å². The maximum atomic E-state index is 8.69. The van der Waals surface area contributed by atoms with Crippen LogP contribution in [0.2, 0.25) is 5.02 Å². The van der Waals surface area contributed by atoms with E-state index in [9.17, 15) is 0 Å². The molecule has 8 heteroatoms. The van der Waals surface area contributed by atoms with Crippen LogP contribution in [0.5, 0.6) is 11.5 Å². The first-order chi connectivity index (χ1) is 10.5. The number of rotatable bonds is 9. The van der Waals surface area contributed by atoms with Gasteiger partial charge in [-0.25, -0.2) is 0 Å². The van der Waals surface area contributed by atoms with Crippen LogP contribution < -0.4 is 15.0 Å². The van der Waals surface area contributed by atoms with Gasteiger partial charge in [-0.15, -0.1) is 0 Å². The smallest absolute Gasteiger partial charge is 0.147 e. The summed E-state index contributed by atoms with van der Waals surface area (Å²) in [5.74, 6) is 0.904. The van der Waals surface area contributed by atoms with Crippen LogP contribution in [0.15, 0.2) is 29.3 Å². The number of methoxy groups -OCH3 is 1. The van der Waals surface area contributed by atoms with E-state index in [-0.39, 0.29) is 24.3 Å². The minimum atomic E-state index is -0.118. The van der Waals surface area contributed by atoms with Crippen molar-refractivity contribution in [2.75, 3.05) is 26.9 Å². The molecule has 0 saturated carbocycles. The second kappa shape index (κ2) is 9.82. The molecule has 0 heterocycles. The van der Waals surface area contributed by atoms with E-state index in [4.69, 9.17) is 54.2 Å². The molecule has 22 heavy (non-hydrogen) atoms. The van der Waals surface area contributed by atoms with Crippen molar-refractivity contribution in [3.8, 4) is 11.5 Å². The van der Waals surface area contributed by atoms with Crippen molar-refractivity contribution in [3.63, 3.8) is 0 Å². The minimum Gasteiger partial charge on any atom is -0.494 e. The van der Waals surface area contributed by atoms with Gasteiger partial charge in [-0.2, -0.15) is 0 Å². The SMILES string of the molecule is C=C(NOCCO)c1cc(OCC=C(Cl)Cl)cc(Cl)c1OC. The average Bonchev–Trinajstić information content (AvgIpc) is 2.46. The molecular formula is C14H16Cl3NO4. The minimum absolute atomic E-state index is 0.114. The topological polar surface area (TPSA) is 60.0 Å². The van der Waals surface area contributed by atoms with Crippen LogP contribution in [-0.2, 0) is 4.84 Å². The lowest BCUT2D eigenvalue weighted by Crippen LogP contribution is -2.15. The fourth-order valence-corrected chi connectivity index (χ4v) is 1.94. The molecule has 0 aliphatic heterocycles. The van der Waals surface area contributed by atoms with Crippen molar-refractivity contribution in [1.29, 1.82) is 0 Å². The molecule has 0 fully saturated rings. The zero-order valence-corrected chi connectivity index (χ0v) is 14.1. The molecule has 0 unspecified atom stereocenters. The number of ether oxygens (including phenoxy) is 2. The Balaban J connectivity index is 2.94. The fraction of sp³-hybridized carbons (Fsp3) is 0.286. The Morgan fingerprint density at radius 2 is 2.14 bits per heavy atom. The molecule has 0 aliphatic carbocycles. The van der Waals surface area contributed by atoms with Gasteiger partial charge in [-0.3, -0.25) is 10.3 Å². The summed E-state index contributed by atoms with van der Waals surface area (Å²) in [4.78, 5) is 5.01. The van der Waals surface area contributed by atoms with Crippen molar-refractivity contribution in [1.82, 2.24) is 5.48 Å². The molecule has 5 nitrogen and oxygen atoms in total. The van der Waals surface area contributed by atoms with Crippen molar-refractivity contribution < 1.29 is 19.4 Å². The molecule has 0 amide bonds. The summed E-state index contributed by atoms with van der Waals surface area (Å²) >= 11 is 17.2. The highest BCUT2D eigenvalue weighted by Gasteiger charge is 2.14. The summed E-state index contributed by atoms with van der Waals surface area (Å²) in [6.45, 7) is 4.01. The second-order valence-electron chi connectivity index (χ2n) is 3.94. The zero-order valence-electron chi connectivity index (χ0n) is 11.9. The Bertz CT molecular complexity index is 545. The normalized spacial score (nSPS) is 10.0. The number of nitrogens with one attached hydrogen (secondary N) is 1. The third-order valence-corrected chi connectivity index (χ3v) is 3.01. The summed E-state index contributed by atoms with van der Waals surface area (Å²) in [7, 11) is 1.49. The second-order valence-corrected chi connectivity index (χ2v) is 5.36. The summed E-state index contributed by atoms with van der Waals surface area (Å²) < 4.78 is 10.8. The molecular weight excluding hydrogens is 353 g/mol. The Kier molecular flexibility index (Phi) is 8.45. The third kappa shape index (κ3) is 5.94. The van der Waals surface area contributed by atoms with Crippen LogP contribution in [0.1, 0.15) is 5.56 Å². The summed E-state index contributed by atoms with van der Waals surface area (Å²) in [5.41, 5.74) is 3.57. The quantitative estimate of drug-likeness (QED) is 0.516. The van der Waals surface area contributed by atoms with Crippen molar-refractivity contribution in [2.45, 2.75) is 0 Å². The van der Waals surface area contributed by atoms with Crippen LogP contribution in [0.4, 0.5) is 0 Å². The van der Waals surface area contributed by atoms with Gasteiger partial charge >= 0.3 is 0 Å². The number of benzene rings is 1. The van der Waals surface area contributed by atoms with Gasteiger partial charge in [-0.05, 0) is 12.1 Å². The average molecular weight is 369 g/mol. The van der Waals surface area contributed by atoms with E-state index in [1.54, 1.807) is 12.1 Å². The highest BCUT2D eigenvalue weighted by atomic mass is 35.5. The zero-order chi connectivity index (χ0) is 16.5. The van der Waals surface area contributed by atoms with Crippen LogP contribution >= 0.6 is 34.8 Å². The molecule has 2 N–H and O–H groups in total. The predicted molar refractivity (Wildman–Crippen MR) is 88.5 cm³/mol. The fourth-order valence-electron chi connectivity index (χ4n) is 1.52. The number of hydrogen-bond donors (Lipinski definition) is 2. The van der Waals surface area contributed by atoms with Crippen LogP contribution in [-0.4, -0.2) is 32.0 Å². The van der Waals surface area contributed by atoms with Gasteiger partial charge in [0, 0.05) is 11.6 Å². The first-order valence-electron chi connectivity index (χ1n) is 6.19. The first-order valence-corrected chi connectivity index (χ1v) is 7.32. The molecule has 1 aromatic rings. The Labute approximate surface area is 144 Å². The standard InChI is InChI=1S/C14H16Cl3NO4/c1-9(18-22-6-4-19)11-7-10(21-5-3-13(16)17)8-12(15)14(11)20-2/h3,7-8,18-19H,1,4-6H2,2H3. The van der Waals surface area contributed by atoms with Crippen LogP contribution in [0, 0.1) is 0 Å². The summed E-state index contributed by atoms with van der Waals surface area (Å²) in [6, 6.07) is 3.28. The molecule has 0 aliphatic rings. The highest BCUT2D eigenvalue weighted by molar-refractivity contribution is 6.55. The van der Waals surface area contributed by atoms with Crippen molar-refractivity contribution >= 4 is 40.5 Å². The molecule has 0 bridgehead atoms. The maximum absolute atomic E-state index is 8.69. The Morgan fingerprint density at radius 3 is 2.73 bits per heavy atom. The molecule has 0 aromatic heterocycles. The van der Waals surface area contributed by atoms with E-state index in [2.05, 4.69) is 12.1 Å². The van der Waals surface area contributed by atoms with Gasteiger partial charge < -0.3 is 14.6 Å². The molecule has 122 valence electrons. The Morgan fingerprint density at radius 1 is 1.41 bits per heavy atom. The maximum Gasteiger partial charge on any atom is 0.147 e. The van der Waals surface area contributed by atoms with E-state index in [1.807, 2.05) is 0 Å². The number of halogens is 3. The number of aliphatic hydroxyl groups is 1. The molecule has 0 atom stereocenters. The van der Waals surface area contributed by atoms with Crippen LogP contribution in [0.3, 0.4) is 0 Å². The van der Waals surface area contributed by atoms with Crippen molar-refractivity contribution in [2.24, 2.45) is 0 Å². The predicted octanol–water partition coefficient (Wildman–Crippen LogP) is 3.53. The molecule has 0 radical (unpaired) electrons. The molecule has 0 saturated heterocycles. The summed E-state index contributed by atoms with van der Waals surface area (Å²) in [6.07, 6.45) is 1.50. The van der Waals surface area contributed by atoms with Gasteiger partial charge in [0.1, 0.15) is 22.6 Å². The molecule has 1 rings (SSSR count). The Hall–Kier alpha value is -1.11. The number of hydroxylamine groups is 1. The van der Waals surface area contributed by atoms with E-state index in [1.165, 1.54) is 13.2 Å². The molecule has 1 aromatic carbocycles. The molecule has 0 spiro atoms. The van der Waals surface area contributed by atoms with Gasteiger partial charge in [0.05, 0.1) is 31.0 Å². The monoisotopic (exact) mass is 367 g/mol. The highest BCUT2D eigenvalue weighted by Crippen LogP contribution is 2.36. The number of aliphatic hydroxyl groups excluding tert-OH is 1. The third-order valence-electron chi connectivity index (χ3n) is 2.42. The lowest BCUT2D eigenvalue weighted by Gasteiger charge is -2.16. The van der Waals surface area contributed by atoms with E-state index < -0.39 is 0 Å².